The second-order valence-electron chi connectivity index (χ2n) is 4.33. The van der Waals surface area contributed by atoms with Gasteiger partial charge < -0.3 is 20.9 Å². The third kappa shape index (κ3) is 6.76. The summed E-state index contributed by atoms with van der Waals surface area (Å²) in [5.74, 6) is 0.0784. The molecule has 0 aromatic heterocycles. The van der Waals surface area contributed by atoms with Crippen molar-refractivity contribution in [2.24, 2.45) is 5.73 Å². The molecular formula is C11H26N4O. The first-order valence-corrected chi connectivity index (χ1v) is 5.83. The molecule has 16 heavy (non-hydrogen) atoms. The Hall–Kier alpha value is -0.650. The number of nitrogens with one attached hydrogen (secondary N) is 1. The minimum atomic E-state index is 0.0784. The van der Waals surface area contributed by atoms with Gasteiger partial charge in [0.15, 0.2) is 0 Å². The summed E-state index contributed by atoms with van der Waals surface area (Å²) in [6, 6.07) is 0.131. The zero-order valence-electron chi connectivity index (χ0n) is 11.0. The summed E-state index contributed by atoms with van der Waals surface area (Å²) in [6.45, 7) is 5.01. The van der Waals surface area contributed by atoms with Crippen molar-refractivity contribution >= 4 is 5.91 Å². The minimum Gasteiger partial charge on any atom is -0.356 e. The van der Waals surface area contributed by atoms with Crippen LogP contribution in [0.2, 0.25) is 0 Å². The van der Waals surface area contributed by atoms with Gasteiger partial charge in [0, 0.05) is 38.6 Å². The highest BCUT2D eigenvalue weighted by Gasteiger charge is 2.16. The fourth-order valence-corrected chi connectivity index (χ4v) is 1.44. The van der Waals surface area contributed by atoms with Crippen LogP contribution >= 0.6 is 0 Å². The molecule has 5 nitrogen and oxygen atoms in total. The van der Waals surface area contributed by atoms with Crippen LogP contribution in [0.15, 0.2) is 0 Å². The van der Waals surface area contributed by atoms with Crippen molar-refractivity contribution in [1.29, 1.82) is 0 Å². The molecule has 5 heteroatoms. The van der Waals surface area contributed by atoms with E-state index in [0.717, 1.165) is 13.1 Å². The predicted molar refractivity (Wildman–Crippen MR) is 67.3 cm³/mol. The molecule has 0 rings (SSSR count). The van der Waals surface area contributed by atoms with E-state index in [1.165, 1.54) is 0 Å². The molecule has 1 atom stereocenters. The number of hydrogen-bond acceptors (Lipinski definition) is 4. The Balaban J connectivity index is 4.00. The van der Waals surface area contributed by atoms with Crippen molar-refractivity contribution in [3.63, 3.8) is 0 Å². The van der Waals surface area contributed by atoms with Crippen molar-refractivity contribution < 1.29 is 4.79 Å². The normalized spacial score (nSPS) is 13.2. The predicted octanol–water partition coefficient (Wildman–Crippen LogP) is -0.667. The van der Waals surface area contributed by atoms with E-state index in [-0.39, 0.29) is 11.9 Å². The lowest BCUT2D eigenvalue weighted by Gasteiger charge is -2.27. The number of carbonyl (C=O) groups excluding carboxylic acids is 1. The quantitative estimate of drug-likeness (QED) is 0.581. The monoisotopic (exact) mass is 230 g/mol. The van der Waals surface area contributed by atoms with Crippen molar-refractivity contribution in [2.75, 3.05) is 47.3 Å². The summed E-state index contributed by atoms with van der Waals surface area (Å²) >= 11 is 0. The van der Waals surface area contributed by atoms with Crippen LogP contribution in [-0.2, 0) is 4.79 Å². The first kappa shape index (κ1) is 15.3. The number of hydrogen-bond donors (Lipinski definition) is 2. The van der Waals surface area contributed by atoms with E-state index in [4.69, 9.17) is 5.73 Å². The summed E-state index contributed by atoms with van der Waals surface area (Å²) in [7, 11) is 6.09. The summed E-state index contributed by atoms with van der Waals surface area (Å²) < 4.78 is 0. The van der Waals surface area contributed by atoms with Crippen LogP contribution in [0.25, 0.3) is 0 Å². The van der Waals surface area contributed by atoms with Crippen LogP contribution in [0.1, 0.15) is 13.3 Å². The molecule has 0 fully saturated rings. The third-order valence-corrected chi connectivity index (χ3v) is 2.59. The summed E-state index contributed by atoms with van der Waals surface area (Å²) in [4.78, 5) is 15.7. The van der Waals surface area contributed by atoms with Crippen molar-refractivity contribution in [3.8, 4) is 0 Å². The average molecular weight is 230 g/mol. The van der Waals surface area contributed by atoms with E-state index in [1.54, 1.807) is 0 Å². The van der Waals surface area contributed by atoms with Crippen molar-refractivity contribution in [1.82, 2.24) is 15.1 Å². The SMILES string of the molecule is CCNC(=O)CC(CN)N(C)CCN(C)C. The molecule has 1 unspecified atom stereocenters. The van der Waals surface area contributed by atoms with Crippen LogP contribution < -0.4 is 11.1 Å². The average Bonchev–Trinajstić information content (AvgIpc) is 2.22. The topological polar surface area (TPSA) is 61.6 Å². The number of nitrogens with two attached hydrogens (primary N) is 1. The highest BCUT2D eigenvalue weighted by molar-refractivity contribution is 5.76. The van der Waals surface area contributed by atoms with Gasteiger partial charge in [-0.3, -0.25) is 4.79 Å². The van der Waals surface area contributed by atoms with Gasteiger partial charge in [-0.2, -0.15) is 0 Å². The van der Waals surface area contributed by atoms with Gasteiger partial charge >= 0.3 is 0 Å². The number of likely N-dealkylation sites (N-methyl/N-ethyl adjacent to an activating group) is 2. The first-order valence-electron chi connectivity index (χ1n) is 5.83. The summed E-state index contributed by atoms with van der Waals surface area (Å²) in [5, 5.41) is 2.80. The Morgan fingerprint density at radius 2 is 1.94 bits per heavy atom. The molecule has 3 N–H and O–H groups in total. The Morgan fingerprint density at radius 1 is 1.31 bits per heavy atom. The molecule has 0 aliphatic carbocycles. The molecule has 0 bridgehead atoms. The fourth-order valence-electron chi connectivity index (χ4n) is 1.44. The Kier molecular flexibility index (Phi) is 8.15. The van der Waals surface area contributed by atoms with Gasteiger partial charge in [0.25, 0.3) is 0 Å². The Morgan fingerprint density at radius 3 is 2.38 bits per heavy atom. The minimum absolute atomic E-state index is 0.0784. The maximum absolute atomic E-state index is 11.5. The van der Waals surface area contributed by atoms with Gasteiger partial charge in [-0.15, -0.1) is 0 Å². The molecule has 0 aromatic carbocycles. The number of rotatable bonds is 8. The molecule has 0 saturated heterocycles. The second-order valence-corrected chi connectivity index (χ2v) is 4.33. The fraction of sp³-hybridized carbons (Fsp3) is 0.909. The first-order chi connectivity index (χ1) is 7.51. The molecule has 0 aliphatic heterocycles. The zero-order chi connectivity index (χ0) is 12.6. The molecule has 0 aromatic rings. The van der Waals surface area contributed by atoms with Gasteiger partial charge in [-0.1, -0.05) is 0 Å². The number of nitrogens with zero attached hydrogens (tertiary/aromatic N) is 2. The lowest BCUT2D eigenvalue weighted by atomic mass is 10.1. The van der Waals surface area contributed by atoms with Crippen LogP contribution in [0.5, 0.6) is 0 Å². The van der Waals surface area contributed by atoms with Crippen LogP contribution in [0, 0.1) is 0 Å². The molecule has 0 aliphatic rings. The lowest BCUT2D eigenvalue weighted by Crippen LogP contribution is -2.44. The molecule has 0 heterocycles. The van der Waals surface area contributed by atoms with Crippen LogP contribution in [0.4, 0.5) is 0 Å². The molecule has 0 spiro atoms. The lowest BCUT2D eigenvalue weighted by molar-refractivity contribution is -0.122. The highest BCUT2D eigenvalue weighted by atomic mass is 16.1. The molecule has 0 radical (unpaired) electrons. The van der Waals surface area contributed by atoms with Crippen LogP contribution in [0.3, 0.4) is 0 Å². The number of carbonyl (C=O) groups is 1. The maximum atomic E-state index is 11.5. The molecular weight excluding hydrogens is 204 g/mol. The van der Waals surface area contributed by atoms with Crippen molar-refractivity contribution in [2.45, 2.75) is 19.4 Å². The van der Waals surface area contributed by atoms with Gasteiger partial charge in [0.05, 0.1) is 0 Å². The van der Waals surface area contributed by atoms with Gasteiger partial charge in [0.1, 0.15) is 0 Å². The summed E-state index contributed by atoms with van der Waals surface area (Å²) in [5.41, 5.74) is 5.69. The maximum Gasteiger partial charge on any atom is 0.221 e. The van der Waals surface area contributed by atoms with E-state index in [1.807, 2.05) is 28.1 Å². The van der Waals surface area contributed by atoms with E-state index >= 15 is 0 Å². The van der Waals surface area contributed by atoms with E-state index in [0.29, 0.717) is 19.5 Å². The van der Waals surface area contributed by atoms with Gasteiger partial charge in [-0.25, -0.2) is 0 Å². The van der Waals surface area contributed by atoms with Gasteiger partial charge in [0.2, 0.25) is 5.91 Å². The Labute approximate surface area is 99.0 Å². The Bertz CT molecular complexity index is 196. The molecule has 0 saturated carbocycles. The van der Waals surface area contributed by atoms with Crippen LogP contribution in [-0.4, -0.2) is 69.1 Å². The number of amides is 1. The smallest absolute Gasteiger partial charge is 0.221 e. The van der Waals surface area contributed by atoms with E-state index < -0.39 is 0 Å². The third-order valence-electron chi connectivity index (χ3n) is 2.59. The largest absolute Gasteiger partial charge is 0.356 e. The van der Waals surface area contributed by atoms with Gasteiger partial charge in [-0.05, 0) is 28.1 Å². The summed E-state index contributed by atoms with van der Waals surface area (Å²) in [6.07, 6.45) is 0.480. The zero-order valence-corrected chi connectivity index (χ0v) is 11.0. The molecule has 96 valence electrons. The van der Waals surface area contributed by atoms with E-state index in [9.17, 15) is 4.79 Å². The van der Waals surface area contributed by atoms with Crippen molar-refractivity contribution in [3.05, 3.63) is 0 Å². The van der Waals surface area contributed by atoms with E-state index in [2.05, 4.69) is 15.1 Å². The second kappa shape index (κ2) is 8.50. The standard InChI is InChI=1S/C11H26N4O/c1-5-13-11(16)8-10(9-12)15(4)7-6-14(2)3/h10H,5-9,12H2,1-4H3,(H,13,16). The molecule has 1 amide bonds. The highest BCUT2D eigenvalue weighted by Crippen LogP contribution is 2.00.